The minimum atomic E-state index is -1.76. The second-order valence-corrected chi connectivity index (χ2v) is 1.78. The van der Waals surface area contributed by atoms with Gasteiger partial charge in [0.15, 0.2) is 5.96 Å². The number of hydrogen-bond donors (Lipinski definition) is 4. The third-order valence-electron chi connectivity index (χ3n) is 0.643. The molecule has 0 rings (SSSR count). The quantitative estimate of drug-likeness (QED) is 0.181. The van der Waals surface area contributed by atoms with Gasteiger partial charge in [-0.25, -0.2) is 9.36 Å². The van der Waals surface area contributed by atoms with Crippen LogP contribution >= 0.6 is 8.69 Å². The van der Waals surface area contributed by atoms with Crippen LogP contribution in [0.15, 0.2) is 0 Å². The van der Waals surface area contributed by atoms with Crippen LogP contribution in [0.1, 0.15) is 0 Å². The predicted octanol–water partition coefficient (Wildman–Crippen LogP) is -1.46. The molecule has 11 heavy (non-hydrogen) atoms. The first kappa shape index (κ1) is 9.80. The number of nitrogens with two attached hydrogens (primary N) is 1. The van der Waals surface area contributed by atoms with Gasteiger partial charge >= 0.3 is 14.7 Å². The molecule has 1 atom stereocenters. The lowest BCUT2D eigenvalue weighted by molar-refractivity contribution is -0.143. The van der Waals surface area contributed by atoms with Crippen molar-refractivity contribution in [2.75, 3.05) is 0 Å². The van der Waals surface area contributed by atoms with E-state index in [0.717, 1.165) is 0 Å². The molecule has 0 aromatic heterocycles. The summed E-state index contributed by atoms with van der Waals surface area (Å²) in [6, 6.07) is 0. The molecular formula is C3H6N3O4P. The monoisotopic (exact) mass is 179 g/mol. The van der Waals surface area contributed by atoms with E-state index in [-0.39, 0.29) is 0 Å². The number of nitrogens with one attached hydrogen (secondary N) is 2. The van der Waals surface area contributed by atoms with Gasteiger partial charge in [0, 0.05) is 0 Å². The molecule has 0 aliphatic carbocycles. The number of aliphatic hydroxyl groups excluding tert-OH is 1. The molecule has 7 nitrogen and oxygen atoms in total. The molecule has 0 aliphatic rings. The Labute approximate surface area is 63.3 Å². The van der Waals surface area contributed by atoms with Gasteiger partial charge in [-0.2, -0.15) is 0 Å². The van der Waals surface area contributed by atoms with Gasteiger partial charge in [0.2, 0.25) is 6.23 Å². The number of guanidine groups is 1. The molecule has 0 aromatic carbocycles. The van der Waals surface area contributed by atoms with E-state index in [9.17, 15) is 9.36 Å². The summed E-state index contributed by atoms with van der Waals surface area (Å²) in [6.07, 6.45) is -1.76. The fraction of sp³-hybridized carbons (Fsp3) is 0.333. The lowest BCUT2D eigenvalue weighted by Crippen LogP contribution is -2.44. The van der Waals surface area contributed by atoms with Crippen molar-refractivity contribution in [1.82, 2.24) is 5.32 Å². The fourth-order valence-corrected chi connectivity index (χ4v) is 0.466. The van der Waals surface area contributed by atoms with E-state index in [2.05, 4.69) is 4.52 Å². The van der Waals surface area contributed by atoms with Crippen molar-refractivity contribution in [3.63, 3.8) is 0 Å². The Morgan fingerprint density at radius 2 is 2.36 bits per heavy atom. The van der Waals surface area contributed by atoms with Crippen LogP contribution in [0.5, 0.6) is 0 Å². The lowest BCUT2D eigenvalue weighted by atomic mass is 10.6. The molecule has 0 heterocycles. The maximum absolute atomic E-state index is 10.4. The zero-order chi connectivity index (χ0) is 8.85. The Morgan fingerprint density at radius 1 is 1.82 bits per heavy atom. The van der Waals surface area contributed by atoms with E-state index in [1.165, 1.54) is 0 Å². The predicted molar refractivity (Wildman–Crippen MR) is 34.8 cm³/mol. The summed E-state index contributed by atoms with van der Waals surface area (Å²) in [5.41, 5.74) is 4.75. The first-order valence-electron chi connectivity index (χ1n) is 2.40. The van der Waals surface area contributed by atoms with Crippen LogP contribution in [0.2, 0.25) is 0 Å². The Hall–Kier alpha value is -1.20. The normalized spacial score (nSPS) is 12.1. The van der Waals surface area contributed by atoms with Crippen LogP contribution in [0.4, 0.5) is 0 Å². The molecule has 0 fully saturated rings. The molecule has 8 heteroatoms. The summed E-state index contributed by atoms with van der Waals surface area (Å²) in [4.78, 5) is 10.4. The topological polar surface area (TPSA) is 126 Å². The van der Waals surface area contributed by atoms with Crippen molar-refractivity contribution >= 4 is 20.6 Å². The third-order valence-corrected chi connectivity index (χ3v) is 0.897. The largest absolute Gasteiger partial charge is 0.398 e. The second-order valence-electron chi connectivity index (χ2n) is 1.45. The molecule has 62 valence electrons. The van der Waals surface area contributed by atoms with Crippen molar-refractivity contribution in [2.45, 2.75) is 6.23 Å². The van der Waals surface area contributed by atoms with E-state index in [1.807, 2.05) is 5.32 Å². The molecule has 0 amide bonds. The van der Waals surface area contributed by atoms with Crippen molar-refractivity contribution in [2.24, 2.45) is 5.73 Å². The molecule has 5 N–H and O–H groups in total. The number of carbonyl (C=O) groups is 1. The van der Waals surface area contributed by atoms with Crippen LogP contribution in [-0.4, -0.2) is 23.3 Å². The highest BCUT2D eigenvalue weighted by Gasteiger charge is 2.16. The van der Waals surface area contributed by atoms with Crippen LogP contribution < -0.4 is 11.1 Å². The number of carbonyl (C=O) groups excluding carboxylic acids is 1. The van der Waals surface area contributed by atoms with Crippen molar-refractivity contribution in [1.29, 1.82) is 5.41 Å². The second kappa shape index (κ2) is 4.59. The smallest absolute Gasteiger partial charge is 0.370 e. The Morgan fingerprint density at radius 3 is 2.73 bits per heavy atom. The Bertz CT molecular complexity index is 183. The van der Waals surface area contributed by atoms with Crippen molar-refractivity contribution < 1.29 is 19.0 Å². The van der Waals surface area contributed by atoms with Crippen LogP contribution in [0.25, 0.3) is 0 Å². The van der Waals surface area contributed by atoms with E-state index in [4.69, 9.17) is 16.2 Å². The highest BCUT2D eigenvalue weighted by molar-refractivity contribution is 7.18. The maximum Gasteiger partial charge on any atom is 0.398 e. The maximum atomic E-state index is 10.4. The standard InChI is InChI=1S/C3H6N3O4P/c4-3(5)6-1(7)2(8)10-11-9/h1,7H,(H4,4,5,6). The fourth-order valence-electron chi connectivity index (χ4n) is 0.293. The Kier molecular flexibility index (Phi) is 4.09. The zero-order valence-electron chi connectivity index (χ0n) is 5.27. The summed E-state index contributed by atoms with van der Waals surface area (Å²) < 4.78 is 13.5. The summed E-state index contributed by atoms with van der Waals surface area (Å²) >= 11 is 0. The average Bonchev–Trinajstić information content (AvgIpc) is 1.86. The molecule has 0 saturated carbocycles. The van der Waals surface area contributed by atoms with Crippen LogP contribution in [0, 0.1) is 5.41 Å². The minimum absolute atomic E-state index is 0.586. The summed E-state index contributed by atoms with van der Waals surface area (Å²) in [6.45, 7) is 0. The molecule has 0 saturated heterocycles. The van der Waals surface area contributed by atoms with E-state index in [0.29, 0.717) is 0 Å². The van der Waals surface area contributed by atoms with Crippen molar-refractivity contribution in [3.8, 4) is 0 Å². The molecular weight excluding hydrogens is 173 g/mol. The lowest BCUT2D eigenvalue weighted by Gasteiger charge is -2.07. The molecule has 0 radical (unpaired) electrons. The number of hydrogen-bond acceptors (Lipinski definition) is 5. The molecule has 0 aliphatic heterocycles. The summed E-state index contributed by atoms with van der Waals surface area (Å²) in [5, 5.41) is 17.1. The van der Waals surface area contributed by atoms with Gasteiger partial charge in [0.1, 0.15) is 0 Å². The highest BCUT2D eigenvalue weighted by atomic mass is 31.1. The number of rotatable bonds is 3. The average molecular weight is 179 g/mol. The molecule has 1 unspecified atom stereocenters. The minimum Gasteiger partial charge on any atom is -0.370 e. The summed E-state index contributed by atoms with van der Waals surface area (Å²) in [7, 11) is -0.865. The van der Waals surface area contributed by atoms with Gasteiger partial charge in [-0.05, 0) is 0 Å². The number of aliphatic hydroxyl groups is 1. The van der Waals surface area contributed by atoms with Gasteiger partial charge in [0.05, 0.1) is 0 Å². The molecule has 0 spiro atoms. The van der Waals surface area contributed by atoms with Crippen LogP contribution in [0.3, 0.4) is 0 Å². The van der Waals surface area contributed by atoms with Gasteiger partial charge in [-0.15, -0.1) is 0 Å². The zero-order valence-corrected chi connectivity index (χ0v) is 6.17. The van der Waals surface area contributed by atoms with Gasteiger partial charge < -0.3 is 20.7 Å². The van der Waals surface area contributed by atoms with E-state index in [1.54, 1.807) is 0 Å². The van der Waals surface area contributed by atoms with E-state index >= 15 is 0 Å². The van der Waals surface area contributed by atoms with Crippen LogP contribution in [-0.2, 0) is 13.9 Å². The SMILES string of the molecule is N=C(N)NC(O)C(=O)OP=O. The van der Waals surface area contributed by atoms with Gasteiger partial charge in [-0.1, -0.05) is 0 Å². The molecule has 0 aromatic rings. The first-order chi connectivity index (χ1) is 5.07. The summed E-state index contributed by atoms with van der Waals surface area (Å²) in [5.74, 6) is -1.76. The van der Waals surface area contributed by atoms with Gasteiger partial charge in [0.25, 0.3) is 0 Å². The third kappa shape index (κ3) is 4.24. The van der Waals surface area contributed by atoms with E-state index < -0.39 is 26.8 Å². The van der Waals surface area contributed by atoms with Gasteiger partial charge in [-0.3, -0.25) is 5.41 Å². The Balaban J connectivity index is 3.81. The van der Waals surface area contributed by atoms with Crippen molar-refractivity contribution in [3.05, 3.63) is 0 Å². The first-order valence-corrected chi connectivity index (χ1v) is 3.13. The highest BCUT2D eigenvalue weighted by Crippen LogP contribution is 1.96. The molecule has 0 bridgehead atoms.